The number of carbonyl (C=O) groups is 2. The maximum absolute atomic E-state index is 14.2. The highest BCUT2D eigenvalue weighted by atomic mass is 32.1. The molecular formula is C35H47N3O4S. The largest absolute Gasteiger partial charge is 0.490 e. The Morgan fingerprint density at radius 1 is 1.07 bits per heavy atom. The van der Waals surface area contributed by atoms with Crippen LogP contribution in [0, 0.1) is 29.1 Å². The van der Waals surface area contributed by atoms with Gasteiger partial charge in [0.1, 0.15) is 10.6 Å². The molecule has 1 saturated heterocycles. The fraction of sp³-hybridized carbons (Fsp3) is 0.629. The van der Waals surface area contributed by atoms with Gasteiger partial charge in [0.25, 0.3) is 0 Å². The Morgan fingerprint density at radius 2 is 1.77 bits per heavy atom. The van der Waals surface area contributed by atoms with E-state index < -0.39 is 5.97 Å². The molecule has 7 nitrogen and oxygen atoms in total. The van der Waals surface area contributed by atoms with Crippen LogP contribution in [0.2, 0.25) is 0 Å². The number of nitrogens with zero attached hydrogens (tertiary/aromatic N) is 3. The van der Waals surface area contributed by atoms with Crippen LogP contribution in [-0.2, 0) is 11.3 Å². The Labute approximate surface area is 261 Å². The summed E-state index contributed by atoms with van der Waals surface area (Å²) in [7, 11) is 0. The Morgan fingerprint density at radius 3 is 2.42 bits per heavy atom. The van der Waals surface area contributed by atoms with E-state index in [1.807, 2.05) is 44.0 Å². The highest BCUT2D eigenvalue weighted by molar-refractivity contribution is 7.15. The lowest BCUT2D eigenvalue weighted by Crippen LogP contribution is -2.47. The summed E-state index contributed by atoms with van der Waals surface area (Å²) in [5.41, 5.74) is 1.35. The summed E-state index contributed by atoms with van der Waals surface area (Å²) >= 11 is 1.18. The SMILES string of the molecule is CC(C)(C)C#Cc1cc(N(C(=O)[C@H]2CC[C@H](C)CC2)[C@H]2CC[C@H](Oc3ccnc(CN4CCCC4)c3)CC2)c(C(=O)O)s1. The molecule has 43 heavy (non-hydrogen) atoms. The number of aromatic nitrogens is 1. The van der Waals surface area contributed by atoms with Crippen molar-refractivity contribution in [3.05, 3.63) is 39.8 Å². The molecule has 2 aromatic rings. The molecule has 2 aromatic heterocycles. The van der Waals surface area contributed by atoms with E-state index in [1.54, 1.807) is 0 Å². The summed E-state index contributed by atoms with van der Waals surface area (Å²) < 4.78 is 6.44. The van der Waals surface area contributed by atoms with Crippen molar-refractivity contribution in [3.8, 4) is 17.6 Å². The predicted molar refractivity (Wildman–Crippen MR) is 172 cm³/mol. The van der Waals surface area contributed by atoms with Crippen LogP contribution in [0.1, 0.15) is 112 Å². The number of anilines is 1. The van der Waals surface area contributed by atoms with E-state index in [0.29, 0.717) is 16.5 Å². The van der Waals surface area contributed by atoms with Crippen molar-refractivity contribution in [2.75, 3.05) is 18.0 Å². The van der Waals surface area contributed by atoms with Crippen molar-refractivity contribution in [1.29, 1.82) is 0 Å². The zero-order valence-electron chi connectivity index (χ0n) is 26.2. The molecule has 0 spiro atoms. The molecule has 1 aliphatic heterocycles. The number of hydrogen-bond acceptors (Lipinski definition) is 6. The second-order valence-corrected chi connectivity index (χ2v) is 14.9. The van der Waals surface area contributed by atoms with Gasteiger partial charge in [-0.25, -0.2) is 4.79 Å². The molecule has 0 unspecified atom stereocenters. The van der Waals surface area contributed by atoms with Gasteiger partial charge in [0.2, 0.25) is 5.91 Å². The van der Waals surface area contributed by atoms with Crippen LogP contribution in [0.25, 0.3) is 0 Å². The van der Waals surface area contributed by atoms with E-state index in [0.717, 1.165) is 82.4 Å². The first kappa shape index (κ1) is 31.5. The molecule has 3 aliphatic rings. The van der Waals surface area contributed by atoms with E-state index in [1.165, 1.54) is 24.2 Å². The first-order valence-electron chi connectivity index (χ1n) is 16.1. The third-order valence-electron chi connectivity index (χ3n) is 9.01. The number of hydrogen-bond donors (Lipinski definition) is 1. The molecule has 3 fully saturated rings. The number of carbonyl (C=O) groups excluding carboxylic acids is 1. The minimum Gasteiger partial charge on any atom is -0.490 e. The molecule has 0 aromatic carbocycles. The number of aromatic carboxylic acids is 1. The number of carboxylic acids is 1. The number of carboxylic acid groups (broad SMARTS) is 1. The van der Waals surface area contributed by atoms with Crippen LogP contribution in [-0.4, -0.2) is 52.1 Å². The standard InChI is InChI=1S/C35H47N3O4S/c1-24-7-9-25(10-8-24)33(39)38(31-22-30(15-17-35(2,3)4)43-32(31)34(40)41)27-11-13-28(14-12-27)42-29-16-18-36-26(21-29)23-37-19-5-6-20-37/h16,18,21-22,24-25,27-28H,5-14,19-20,23H2,1-4H3,(H,40,41)/t24-,25-,27-,28-. The van der Waals surface area contributed by atoms with Crippen molar-refractivity contribution in [3.63, 3.8) is 0 Å². The predicted octanol–water partition coefficient (Wildman–Crippen LogP) is 7.38. The summed E-state index contributed by atoms with van der Waals surface area (Å²) in [5.74, 6) is 6.90. The smallest absolute Gasteiger partial charge is 0.348 e. The van der Waals surface area contributed by atoms with Gasteiger partial charge < -0.3 is 14.7 Å². The number of ether oxygens (including phenoxy) is 1. The van der Waals surface area contributed by atoms with Crippen LogP contribution < -0.4 is 9.64 Å². The first-order chi connectivity index (χ1) is 20.6. The lowest BCUT2D eigenvalue weighted by atomic mass is 9.81. The van der Waals surface area contributed by atoms with Crippen molar-refractivity contribution >= 4 is 28.9 Å². The molecule has 1 amide bonds. The molecule has 2 saturated carbocycles. The Kier molecular flexibility index (Phi) is 10.1. The first-order valence-corrected chi connectivity index (χ1v) is 16.9. The molecule has 8 heteroatoms. The van der Waals surface area contributed by atoms with Gasteiger partial charge in [-0.1, -0.05) is 18.8 Å². The topological polar surface area (TPSA) is 83.0 Å². The zero-order chi connectivity index (χ0) is 30.6. The van der Waals surface area contributed by atoms with Crippen molar-refractivity contribution in [1.82, 2.24) is 9.88 Å². The van der Waals surface area contributed by atoms with Gasteiger partial charge in [-0.2, -0.15) is 0 Å². The van der Waals surface area contributed by atoms with Crippen LogP contribution in [0.4, 0.5) is 5.69 Å². The summed E-state index contributed by atoms with van der Waals surface area (Å²) in [6.45, 7) is 11.5. The lowest BCUT2D eigenvalue weighted by Gasteiger charge is -2.39. The number of thiophene rings is 1. The maximum Gasteiger partial charge on any atom is 0.348 e. The van der Waals surface area contributed by atoms with E-state index in [2.05, 4.69) is 34.7 Å². The minimum absolute atomic E-state index is 0.0559. The van der Waals surface area contributed by atoms with E-state index in [-0.39, 0.29) is 34.3 Å². The monoisotopic (exact) mass is 605 g/mol. The Balaban J connectivity index is 1.33. The Bertz CT molecular complexity index is 1330. The van der Waals surface area contributed by atoms with Crippen LogP contribution in [0.5, 0.6) is 5.75 Å². The summed E-state index contributed by atoms with van der Waals surface area (Å²) in [6, 6.07) is 5.78. The van der Waals surface area contributed by atoms with Crippen molar-refractivity contribution < 1.29 is 19.4 Å². The fourth-order valence-electron chi connectivity index (χ4n) is 6.62. The number of pyridine rings is 1. The van der Waals surface area contributed by atoms with Gasteiger partial charge in [-0.05, 0) is 116 Å². The quantitative estimate of drug-likeness (QED) is 0.316. The van der Waals surface area contributed by atoms with Crippen LogP contribution >= 0.6 is 11.3 Å². The van der Waals surface area contributed by atoms with Gasteiger partial charge in [0.15, 0.2) is 0 Å². The molecule has 1 N–H and O–H groups in total. The van der Waals surface area contributed by atoms with Gasteiger partial charge >= 0.3 is 5.97 Å². The second kappa shape index (κ2) is 13.8. The van der Waals surface area contributed by atoms with Crippen LogP contribution in [0.3, 0.4) is 0 Å². The third kappa shape index (κ3) is 8.39. The molecular weight excluding hydrogens is 558 g/mol. The van der Waals surface area contributed by atoms with Crippen molar-refractivity contribution in [2.24, 2.45) is 17.3 Å². The number of rotatable bonds is 8. The van der Waals surface area contributed by atoms with Crippen LogP contribution in [0.15, 0.2) is 24.4 Å². The maximum atomic E-state index is 14.2. The van der Waals surface area contributed by atoms with Gasteiger partial charge in [0, 0.05) is 36.2 Å². The number of amides is 1. The van der Waals surface area contributed by atoms with Gasteiger partial charge in [0.05, 0.1) is 22.4 Å². The zero-order valence-corrected chi connectivity index (χ0v) is 27.0. The van der Waals surface area contributed by atoms with Crippen molar-refractivity contribution in [2.45, 2.75) is 111 Å². The van der Waals surface area contributed by atoms with E-state index >= 15 is 0 Å². The highest BCUT2D eigenvalue weighted by Crippen LogP contribution is 2.39. The molecule has 3 heterocycles. The lowest BCUT2D eigenvalue weighted by molar-refractivity contribution is -0.124. The minimum atomic E-state index is -1.00. The van der Waals surface area contributed by atoms with E-state index in [4.69, 9.17) is 4.74 Å². The Hall–Kier alpha value is -2.89. The molecule has 0 atom stereocenters. The second-order valence-electron chi connectivity index (χ2n) is 13.8. The molecule has 0 radical (unpaired) electrons. The molecule has 5 rings (SSSR count). The van der Waals surface area contributed by atoms with Gasteiger partial charge in [-0.3, -0.25) is 14.7 Å². The average Bonchev–Trinajstić information content (AvgIpc) is 3.64. The van der Waals surface area contributed by atoms with E-state index in [9.17, 15) is 14.7 Å². The molecule has 2 aliphatic carbocycles. The normalized spacial score (nSPS) is 24.7. The highest BCUT2D eigenvalue weighted by Gasteiger charge is 2.38. The summed E-state index contributed by atoms with van der Waals surface area (Å²) in [6.07, 6.45) is 11.3. The summed E-state index contributed by atoms with van der Waals surface area (Å²) in [5, 5.41) is 10.2. The summed E-state index contributed by atoms with van der Waals surface area (Å²) in [4.78, 5) is 36.4. The number of likely N-dealkylation sites (tertiary alicyclic amines) is 1. The molecule has 232 valence electrons. The average molecular weight is 606 g/mol. The third-order valence-corrected chi connectivity index (χ3v) is 10.0. The molecule has 0 bridgehead atoms. The van der Waals surface area contributed by atoms with Gasteiger partial charge in [-0.15, -0.1) is 11.3 Å². The fourth-order valence-corrected chi connectivity index (χ4v) is 7.46.